The Bertz CT molecular complexity index is 394. The van der Waals surface area contributed by atoms with E-state index in [0.717, 1.165) is 51.4 Å². The molecule has 2 aliphatic rings. The zero-order chi connectivity index (χ0) is 16.5. The summed E-state index contributed by atoms with van der Waals surface area (Å²) in [5, 5.41) is 0. The SMILES string of the molecule is CC/C=C/[C@H]1CC[C@H](OC(=O)[C@H]2CC[C@H](/C=C/CC)CC2)CC1. The minimum atomic E-state index is 0.0791. The number of allylic oxidation sites excluding steroid dienone is 4. The molecule has 0 N–H and O–H groups in total. The van der Waals surface area contributed by atoms with Gasteiger partial charge in [-0.2, -0.15) is 0 Å². The Morgan fingerprint density at radius 1 is 0.826 bits per heavy atom. The fraction of sp³-hybridized carbons (Fsp3) is 0.762. The summed E-state index contributed by atoms with van der Waals surface area (Å²) in [5.74, 6) is 1.61. The van der Waals surface area contributed by atoms with Crippen molar-refractivity contribution in [2.24, 2.45) is 17.8 Å². The molecular weight excluding hydrogens is 284 g/mol. The molecule has 2 rings (SSSR count). The Hall–Kier alpha value is -1.05. The molecule has 0 atom stereocenters. The van der Waals surface area contributed by atoms with E-state index in [9.17, 15) is 4.79 Å². The molecule has 0 unspecified atom stereocenters. The fourth-order valence-electron chi connectivity index (χ4n) is 3.86. The highest BCUT2D eigenvalue weighted by molar-refractivity contribution is 5.72. The van der Waals surface area contributed by atoms with Crippen molar-refractivity contribution in [1.29, 1.82) is 0 Å². The van der Waals surface area contributed by atoms with E-state index in [0.29, 0.717) is 11.8 Å². The smallest absolute Gasteiger partial charge is 0.309 e. The van der Waals surface area contributed by atoms with Gasteiger partial charge in [-0.25, -0.2) is 0 Å². The lowest BCUT2D eigenvalue weighted by molar-refractivity contribution is -0.157. The minimum absolute atomic E-state index is 0.0791. The van der Waals surface area contributed by atoms with E-state index in [1.165, 1.54) is 12.8 Å². The van der Waals surface area contributed by atoms with Crippen LogP contribution < -0.4 is 0 Å². The monoisotopic (exact) mass is 318 g/mol. The van der Waals surface area contributed by atoms with Crippen molar-refractivity contribution in [2.75, 3.05) is 0 Å². The first-order valence-electron chi connectivity index (χ1n) is 9.76. The lowest BCUT2D eigenvalue weighted by Crippen LogP contribution is -2.29. The molecule has 2 aliphatic carbocycles. The lowest BCUT2D eigenvalue weighted by atomic mass is 9.81. The van der Waals surface area contributed by atoms with Crippen LogP contribution in [0.4, 0.5) is 0 Å². The number of ether oxygens (including phenoxy) is 1. The highest BCUT2D eigenvalue weighted by atomic mass is 16.5. The number of esters is 1. The van der Waals surface area contributed by atoms with Crippen LogP contribution in [0.3, 0.4) is 0 Å². The van der Waals surface area contributed by atoms with Gasteiger partial charge in [0.2, 0.25) is 0 Å². The van der Waals surface area contributed by atoms with E-state index in [4.69, 9.17) is 4.74 Å². The maximum atomic E-state index is 12.4. The molecule has 0 heterocycles. The fourth-order valence-corrected chi connectivity index (χ4v) is 3.86. The zero-order valence-electron chi connectivity index (χ0n) is 15.0. The van der Waals surface area contributed by atoms with Crippen LogP contribution in [0.5, 0.6) is 0 Å². The molecule has 2 heteroatoms. The summed E-state index contributed by atoms with van der Waals surface area (Å²) in [6, 6.07) is 0. The first-order valence-corrected chi connectivity index (χ1v) is 9.76. The Kier molecular flexibility index (Phi) is 7.91. The molecule has 0 amide bonds. The van der Waals surface area contributed by atoms with E-state index in [2.05, 4.69) is 38.2 Å². The second-order valence-corrected chi connectivity index (χ2v) is 7.26. The van der Waals surface area contributed by atoms with Crippen LogP contribution in [0.2, 0.25) is 0 Å². The molecule has 0 radical (unpaired) electrons. The number of carbonyl (C=O) groups is 1. The van der Waals surface area contributed by atoms with Gasteiger partial charge in [0.1, 0.15) is 6.10 Å². The molecule has 130 valence electrons. The van der Waals surface area contributed by atoms with Gasteiger partial charge in [-0.1, -0.05) is 38.2 Å². The van der Waals surface area contributed by atoms with Crippen molar-refractivity contribution in [3.63, 3.8) is 0 Å². The molecule has 0 spiro atoms. The summed E-state index contributed by atoms with van der Waals surface area (Å²) < 4.78 is 5.82. The summed E-state index contributed by atoms with van der Waals surface area (Å²) in [6.45, 7) is 4.35. The second kappa shape index (κ2) is 9.95. The van der Waals surface area contributed by atoms with Gasteiger partial charge >= 0.3 is 5.97 Å². The van der Waals surface area contributed by atoms with E-state index < -0.39 is 0 Å². The van der Waals surface area contributed by atoms with Gasteiger partial charge in [0.05, 0.1) is 5.92 Å². The topological polar surface area (TPSA) is 26.3 Å². The van der Waals surface area contributed by atoms with Gasteiger partial charge in [0.25, 0.3) is 0 Å². The quantitative estimate of drug-likeness (QED) is 0.455. The van der Waals surface area contributed by atoms with E-state index in [1.54, 1.807) is 0 Å². The first-order chi connectivity index (χ1) is 11.2. The highest BCUT2D eigenvalue weighted by Crippen LogP contribution is 2.32. The summed E-state index contributed by atoms with van der Waals surface area (Å²) in [6.07, 6.45) is 20.3. The maximum absolute atomic E-state index is 12.4. The predicted molar refractivity (Wildman–Crippen MR) is 96.1 cm³/mol. The van der Waals surface area contributed by atoms with Gasteiger partial charge in [0, 0.05) is 0 Å². The third kappa shape index (κ3) is 6.16. The summed E-state index contributed by atoms with van der Waals surface area (Å²) in [7, 11) is 0. The standard InChI is InChI=1S/C21H34O2/c1-3-5-7-17-9-13-19(14-10-17)21(22)23-20-15-11-18(12-16-20)8-6-4-2/h5-8,17-20H,3-4,9-16H2,1-2H3/b7-5+,8-6+/t17-,18-,19-,20-. The Morgan fingerprint density at radius 3 is 1.78 bits per heavy atom. The van der Waals surface area contributed by atoms with Crippen molar-refractivity contribution in [3.8, 4) is 0 Å². The van der Waals surface area contributed by atoms with Crippen molar-refractivity contribution < 1.29 is 9.53 Å². The molecular formula is C21H34O2. The largest absolute Gasteiger partial charge is 0.462 e. The van der Waals surface area contributed by atoms with E-state index in [1.807, 2.05) is 0 Å². The van der Waals surface area contributed by atoms with Crippen LogP contribution in [0.25, 0.3) is 0 Å². The third-order valence-corrected chi connectivity index (χ3v) is 5.39. The van der Waals surface area contributed by atoms with E-state index >= 15 is 0 Å². The summed E-state index contributed by atoms with van der Waals surface area (Å²) in [4.78, 5) is 12.4. The van der Waals surface area contributed by atoms with Crippen LogP contribution in [0.15, 0.2) is 24.3 Å². The van der Waals surface area contributed by atoms with Gasteiger partial charge in [-0.3, -0.25) is 4.79 Å². The van der Waals surface area contributed by atoms with Gasteiger partial charge < -0.3 is 4.74 Å². The summed E-state index contributed by atoms with van der Waals surface area (Å²) in [5.41, 5.74) is 0. The number of rotatable bonds is 6. The zero-order valence-corrected chi connectivity index (χ0v) is 15.0. The molecule has 0 aromatic rings. The van der Waals surface area contributed by atoms with Crippen LogP contribution in [0.1, 0.15) is 78.1 Å². The van der Waals surface area contributed by atoms with Crippen molar-refractivity contribution in [2.45, 2.75) is 84.2 Å². The van der Waals surface area contributed by atoms with Gasteiger partial charge in [-0.15, -0.1) is 0 Å². The second-order valence-electron chi connectivity index (χ2n) is 7.26. The molecule has 2 fully saturated rings. The van der Waals surface area contributed by atoms with Gasteiger partial charge in [-0.05, 0) is 76.0 Å². The molecule has 2 saturated carbocycles. The van der Waals surface area contributed by atoms with Crippen LogP contribution in [0, 0.1) is 17.8 Å². The van der Waals surface area contributed by atoms with Crippen LogP contribution in [-0.4, -0.2) is 12.1 Å². The van der Waals surface area contributed by atoms with Crippen molar-refractivity contribution >= 4 is 5.97 Å². The Balaban J connectivity index is 1.68. The first kappa shape index (κ1) is 18.3. The van der Waals surface area contributed by atoms with Gasteiger partial charge in [0.15, 0.2) is 0 Å². The normalized spacial score (nSPS) is 32.4. The molecule has 0 saturated heterocycles. The summed E-state index contributed by atoms with van der Waals surface area (Å²) >= 11 is 0. The van der Waals surface area contributed by atoms with Crippen molar-refractivity contribution in [3.05, 3.63) is 24.3 Å². The van der Waals surface area contributed by atoms with E-state index in [-0.39, 0.29) is 18.0 Å². The highest BCUT2D eigenvalue weighted by Gasteiger charge is 2.29. The average Bonchev–Trinajstić information content (AvgIpc) is 2.59. The molecule has 0 aliphatic heterocycles. The Labute approximate surface area is 142 Å². The predicted octanol–water partition coefficient (Wildman–Crippen LogP) is 5.83. The van der Waals surface area contributed by atoms with Crippen LogP contribution in [-0.2, 0) is 9.53 Å². The molecule has 0 bridgehead atoms. The molecule has 2 nitrogen and oxygen atoms in total. The number of hydrogen-bond donors (Lipinski definition) is 0. The third-order valence-electron chi connectivity index (χ3n) is 5.39. The number of hydrogen-bond acceptors (Lipinski definition) is 2. The minimum Gasteiger partial charge on any atom is -0.462 e. The van der Waals surface area contributed by atoms with Crippen LogP contribution >= 0.6 is 0 Å². The lowest BCUT2D eigenvalue weighted by Gasteiger charge is -2.30. The average molecular weight is 319 g/mol. The molecule has 0 aromatic heterocycles. The number of carbonyl (C=O) groups excluding carboxylic acids is 1. The molecule has 0 aromatic carbocycles. The van der Waals surface area contributed by atoms with Crippen molar-refractivity contribution in [1.82, 2.24) is 0 Å². The maximum Gasteiger partial charge on any atom is 0.309 e. The Morgan fingerprint density at radius 2 is 1.30 bits per heavy atom. The molecule has 23 heavy (non-hydrogen) atoms.